The Morgan fingerprint density at radius 2 is 2.08 bits per heavy atom. The minimum Gasteiger partial charge on any atom is -0.379 e. The van der Waals surface area contributed by atoms with Crippen molar-refractivity contribution in [2.45, 2.75) is 24.5 Å². The van der Waals surface area contributed by atoms with Crippen molar-refractivity contribution in [1.29, 1.82) is 0 Å². The summed E-state index contributed by atoms with van der Waals surface area (Å²) < 4.78 is 11.5. The van der Waals surface area contributed by atoms with E-state index in [1.165, 1.54) is 0 Å². The lowest BCUT2D eigenvalue weighted by Crippen LogP contribution is -2.63. The fraction of sp³-hybridized carbons (Fsp3) is 0.611. The number of rotatable bonds is 3. The molecule has 1 amide bonds. The highest BCUT2D eigenvalue weighted by molar-refractivity contribution is 6.30. The number of halogens is 1. The van der Waals surface area contributed by atoms with Gasteiger partial charge in [0.2, 0.25) is 5.91 Å². The molecular weight excluding hydrogens is 328 g/mol. The highest BCUT2D eigenvalue weighted by Crippen LogP contribution is 2.37. The van der Waals surface area contributed by atoms with Crippen LogP contribution in [0, 0.1) is 0 Å². The Kier molecular flexibility index (Phi) is 4.52. The maximum Gasteiger partial charge on any atom is 0.227 e. The molecule has 24 heavy (non-hydrogen) atoms. The Bertz CT molecular complexity index is 612. The Labute approximate surface area is 147 Å². The normalized spacial score (nSPS) is 26.5. The topological polar surface area (TPSA) is 42.0 Å². The Balaban J connectivity index is 1.29. The molecule has 1 spiro atoms. The molecule has 0 aliphatic carbocycles. The van der Waals surface area contributed by atoms with E-state index in [-0.39, 0.29) is 11.5 Å². The van der Waals surface area contributed by atoms with E-state index in [9.17, 15) is 4.79 Å². The average Bonchev–Trinajstić information content (AvgIpc) is 3.00. The molecule has 0 N–H and O–H groups in total. The van der Waals surface area contributed by atoms with Crippen LogP contribution in [0.25, 0.3) is 0 Å². The molecule has 3 aliphatic heterocycles. The second kappa shape index (κ2) is 6.64. The summed E-state index contributed by atoms with van der Waals surface area (Å²) in [5.41, 5.74) is 0.847. The number of benzene rings is 1. The van der Waals surface area contributed by atoms with Crippen LogP contribution in [-0.2, 0) is 20.7 Å². The minimum atomic E-state index is -0.118. The van der Waals surface area contributed by atoms with Crippen molar-refractivity contribution in [3.8, 4) is 0 Å². The maximum atomic E-state index is 12.4. The molecule has 4 rings (SSSR count). The van der Waals surface area contributed by atoms with E-state index in [1.54, 1.807) is 0 Å². The van der Waals surface area contributed by atoms with Crippen LogP contribution in [0.2, 0.25) is 5.02 Å². The number of carbonyl (C=O) groups excluding carboxylic acids is 1. The lowest BCUT2D eigenvalue weighted by atomic mass is 9.88. The highest BCUT2D eigenvalue weighted by Gasteiger charge is 2.52. The van der Waals surface area contributed by atoms with Crippen molar-refractivity contribution in [1.82, 2.24) is 9.80 Å². The summed E-state index contributed by atoms with van der Waals surface area (Å²) in [5, 5.41) is 0.674. The molecule has 6 heteroatoms. The molecule has 3 saturated heterocycles. The molecule has 0 saturated carbocycles. The summed E-state index contributed by atoms with van der Waals surface area (Å²) in [6.07, 6.45) is 1.43. The smallest absolute Gasteiger partial charge is 0.227 e. The SMILES string of the molecule is O=C(Cc1cccc(Cl)c1)N1CC2(CC(N3CCOCC3)CO2)C1. The number of morpholine rings is 1. The Morgan fingerprint density at radius 3 is 2.83 bits per heavy atom. The van der Waals surface area contributed by atoms with E-state index < -0.39 is 0 Å². The first-order chi connectivity index (χ1) is 11.6. The van der Waals surface area contributed by atoms with E-state index in [2.05, 4.69) is 4.90 Å². The number of likely N-dealkylation sites (tertiary alicyclic amines) is 1. The van der Waals surface area contributed by atoms with Gasteiger partial charge in [-0.2, -0.15) is 0 Å². The lowest BCUT2D eigenvalue weighted by Gasteiger charge is -2.47. The summed E-state index contributed by atoms with van der Waals surface area (Å²) in [5.74, 6) is 0.154. The molecule has 3 fully saturated rings. The highest BCUT2D eigenvalue weighted by atomic mass is 35.5. The van der Waals surface area contributed by atoms with Crippen LogP contribution in [0.5, 0.6) is 0 Å². The van der Waals surface area contributed by atoms with Gasteiger partial charge in [0, 0.05) is 24.2 Å². The summed E-state index contributed by atoms with van der Waals surface area (Å²) in [4.78, 5) is 16.8. The van der Waals surface area contributed by atoms with Gasteiger partial charge in [-0.3, -0.25) is 9.69 Å². The van der Waals surface area contributed by atoms with E-state index in [4.69, 9.17) is 21.1 Å². The quantitative estimate of drug-likeness (QED) is 0.830. The molecule has 3 aliphatic rings. The first kappa shape index (κ1) is 16.3. The third-order valence-corrected chi connectivity index (χ3v) is 5.54. The number of carbonyl (C=O) groups is 1. The van der Waals surface area contributed by atoms with Crippen LogP contribution in [0.4, 0.5) is 0 Å². The summed E-state index contributed by atoms with van der Waals surface area (Å²) in [7, 11) is 0. The van der Waals surface area contributed by atoms with E-state index >= 15 is 0 Å². The van der Waals surface area contributed by atoms with Crippen LogP contribution in [0.1, 0.15) is 12.0 Å². The van der Waals surface area contributed by atoms with Crippen LogP contribution >= 0.6 is 11.6 Å². The maximum absolute atomic E-state index is 12.4. The third-order valence-electron chi connectivity index (χ3n) is 5.31. The lowest BCUT2D eigenvalue weighted by molar-refractivity contribution is -0.157. The van der Waals surface area contributed by atoms with E-state index in [1.807, 2.05) is 29.2 Å². The van der Waals surface area contributed by atoms with Gasteiger partial charge in [0.1, 0.15) is 5.60 Å². The number of nitrogens with zero attached hydrogens (tertiary/aromatic N) is 2. The average molecular weight is 351 g/mol. The van der Waals surface area contributed by atoms with Crippen molar-refractivity contribution in [2.75, 3.05) is 46.0 Å². The first-order valence-corrected chi connectivity index (χ1v) is 8.99. The Hall–Kier alpha value is -1.14. The van der Waals surface area contributed by atoms with Gasteiger partial charge in [-0.05, 0) is 24.1 Å². The van der Waals surface area contributed by atoms with Crippen molar-refractivity contribution in [3.05, 3.63) is 34.9 Å². The fourth-order valence-corrected chi connectivity index (χ4v) is 4.19. The van der Waals surface area contributed by atoms with Gasteiger partial charge in [-0.25, -0.2) is 0 Å². The molecule has 0 radical (unpaired) electrons. The molecule has 1 atom stereocenters. The van der Waals surface area contributed by atoms with Crippen LogP contribution in [-0.4, -0.2) is 73.3 Å². The minimum absolute atomic E-state index is 0.118. The van der Waals surface area contributed by atoms with E-state index in [0.717, 1.165) is 44.9 Å². The molecule has 3 heterocycles. The van der Waals surface area contributed by atoms with Crippen molar-refractivity contribution >= 4 is 17.5 Å². The molecule has 1 aromatic rings. The Morgan fingerprint density at radius 1 is 1.29 bits per heavy atom. The van der Waals surface area contributed by atoms with Crippen molar-refractivity contribution in [2.24, 2.45) is 0 Å². The van der Waals surface area contributed by atoms with Gasteiger partial charge >= 0.3 is 0 Å². The summed E-state index contributed by atoms with van der Waals surface area (Å²) in [6, 6.07) is 7.98. The summed E-state index contributed by atoms with van der Waals surface area (Å²) in [6.45, 7) is 5.81. The van der Waals surface area contributed by atoms with Gasteiger partial charge in [0.25, 0.3) is 0 Å². The number of amides is 1. The number of hydrogen-bond donors (Lipinski definition) is 0. The largest absolute Gasteiger partial charge is 0.379 e. The van der Waals surface area contributed by atoms with Crippen molar-refractivity contribution in [3.63, 3.8) is 0 Å². The predicted octanol–water partition coefficient (Wildman–Crippen LogP) is 1.58. The zero-order valence-corrected chi connectivity index (χ0v) is 14.5. The number of ether oxygens (including phenoxy) is 2. The van der Waals surface area contributed by atoms with Gasteiger partial charge in [-0.15, -0.1) is 0 Å². The molecule has 5 nitrogen and oxygen atoms in total. The summed E-state index contributed by atoms with van der Waals surface area (Å²) >= 11 is 5.99. The van der Waals surface area contributed by atoms with Gasteiger partial charge in [0.05, 0.1) is 39.3 Å². The fourth-order valence-electron chi connectivity index (χ4n) is 3.98. The second-order valence-corrected chi connectivity index (χ2v) is 7.49. The predicted molar refractivity (Wildman–Crippen MR) is 91.2 cm³/mol. The molecule has 0 aromatic heterocycles. The molecule has 0 bridgehead atoms. The molecule has 1 aromatic carbocycles. The van der Waals surface area contributed by atoms with Crippen LogP contribution in [0.3, 0.4) is 0 Å². The van der Waals surface area contributed by atoms with Crippen LogP contribution < -0.4 is 0 Å². The standard InChI is InChI=1S/C18H23ClN2O3/c19-15-3-1-2-14(8-15)9-17(22)21-12-18(13-21)10-16(11-24-18)20-4-6-23-7-5-20/h1-3,8,16H,4-7,9-13H2. The third kappa shape index (κ3) is 3.31. The molecule has 130 valence electrons. The van der Waals surface area contributed by atoms with Crippen molar-refractivity contribution < 1.29 is 14.3 Å². The van der Waals surface area contributed by atoms with Gasteiger partial charge in [0.15, 0.2) is 0 Å². The second-order valence-electron chi connectivity index (χ2n) is 7.06. The van der Waals surface area contributed by atoms with Gasteiger partial charge in [-0.1, -0.05) is 23.7 Å². The first-order valence-electron chi connectivity index (χ1n) is 8.62. The molecular formula is C18H23ClN2O3. The van der Waals surface area contributed by atoms with Gasteiger partial charge < -0.3 is 14.4 Å². The zero-order chi connectivity index (χ0) is 16.6. The van der Waals surface area contributed by atoms with Crippen LogP contribution in [0.15, 0.2) is 24.3 Å². The zero-order valence-electron chi connectivity index (χ0n) is 13.7. The molecule has 1 unspecified atom stereocenters. The number of hydrogen-bond acceptors (Lipinski definition) is 4. The van der Waals surface area contributed by atoms with E-state index in [0.29, 0.717) is 30.6 Å². The monoisotopic (exact) mass is 350 g/mol.